The molecule has 2 aromatic carbocycles. The molecule has 3 nitrogen and oxygen atoms in total. The minimum atomic E-state index is 0.143. The van der Waals surface area contributed by atoms with Crippen LogP contribution in [0.2, 0.25) is 0 Å². The first-order valence-corrected chi connectivity index (χ1v) is 7.81. The minimum Gasteiger partial charge on any atom is -0.496 e. The summed E-state index contributed by atoms with van der Waals surface area (Å²) in [7, 11) is 1.67. The zero-order chi connectivity index (χ0) is 14.8. The number of benzene rings is 2. The third kappa shape index (κ3) is 2.92. The predicted molar refractivity (Wildman–Crippen MR) is 86.7 cm³/mol. The molecule has 1 aliphatic rings. The van der Waals surface area contributed by atoms with E-state index >= 15 is 0 Å². The van der Waals surface area contributed by atoms with E-state index in [-0.39, 0.29) is 6.04 Å². The van der Waals surface area contributed by atoms with Gasteiger partial charge in [0.25, 0.3) is 0 Å². The number of halogens is 1. The normalized spacial score (nSPS) is 16.6. The standard InChI is InChI=1S/C17H18BrNO2/c1-20-16-8-5-12(18)9-11(16)10-21-17-4-2-3-13-14(17)6-7-15(13)19/h2-5,8-9,15H,6-7,10,19H2,1H3. The van der Waals surface area contributed by atoms with Crippen LogP contribution in [-0.2, 0) is 13.0 Å². The summed E-state index contributed by atoms with van der Waals surface area (Å²) < 4.78 is 12.4. The monoisotopic (exact) mass is 347 g/mol. The Kier molecular flexibility index (Phi) is 4.17. The van der Waals surface area contributed by atoms with E-state index in [1.807, 2.05) is 30.3 Å². The average Bonchev–Trinajstić information content (AvgIpc) is 2.87. The van der Waals surface area contributed by atoms with Crippen molar-refractivity contribution in [2.75, 3.05) is 7.11 Å². The molecule has 110 valence electrons. The van der Waals surface area contributed by atoms with Crippen molar-refractivity contribution in [2.45, 2.75) is 25.5 Å². The van der Waals surface area contributed by atoms with E-state index in [0.717, 1.165) is 34.4 Å². The number of fused-ring (bicyclic) bond motifs is 1. The highest BCUT2D eigenvalue weighted by atomic mass is 79.9. The molecule has 1 atom stereocenters. The van der Waals surface area contributed by atoms with E-state index in [1.54, 1.807) is 7.11 Å². The van der Waals surface area contributed by atoms with E-state index in [2.05, 4.69) is 22.0 Å². The van der Waals surface area contributed by atoms with Crippen molar-refractivity contribution >= 4 is 15.9 Å². The third-order valence-electron chi connectivity index (χ3n) is 3.90. The number of hydrogen-bond donors (Lipinski definition) is 1. The quantitative estimate of drug-likeness (QED) is 0.909. The fourth-order valence-corrected chi connectivity index (χ4v) is 3.21. The summed E-state index contributed by atoms with van der Waals surface area (Å²) in [5.41, 5.74) is 9.59. The number of rotatable bonds is 4. The van der Waals surface area contributed by atoms with Crippen LogP contribution in [0.5, 0.6) is 11.5 Å². The van der Waals surface area contributed by atoms with E-state index in [1.165, 1.54) is 11.1 Å². The lowest BCUT2D eigenvalue weighted by Crippen LogP contribution is -2.05. The molecule has 0 fully saturated rings. The van der Waals surface area contributed by atoms with Crippen molar-refractivity contribution in [1.29, 1.82) is 0 Å². The maximum absolute atomic E-state index is 6.11. The van der Waals surface area contributed by atoms with E-state index in [0.29, 0.717) is 6.61 Å². The van der Waals surface area contributed by atoms with Gasteiger partial charge >= 0.3 is 0 Å². The second-order valence-corrected chi connectivity index (χ2v) is 6.13. The van der Waals surface area contributed by atoms with E-state index in [9.17, 15) is 0 Å². The molecule has 0 aromatic heterocycles. The molecule has 21 heavy (non-hydrogen) atoms. The Morgan fingerprint density at radius 2 is 2.10 bits per heavy atom. The lowest BCUT2D eigenvalue weighted by molar-refractivity contribution is 0.294. The van der Waals surface area contributed by atoms with Crippen molar-refractivity contribution in [1.82, 2.24) is 0 Å². The van der Waals surface area contributed by atoms with Crippen LogP contribution in [0.3, 0.4) is 0 Å². The molecule has 0 saturated carbocycles. The number of nitrogens with two attached hydrogens (primary N) is 1. The maximum Gasteiger partial charge on any atom is 0.125 e. The lowest BCUT2D eigenvalue weighted by Gasteiger charge is -2.14. The molecule has 1 aliphatic carbocycles. The van der Waals surface area contributed by atoms with Crippen LogP contribution < -0.4 is 15.2 Å². The van der Waals surface area contributed by atoms with Crippen LogP contribution in [0.15, 0.2) is 40.9 Å². The molecule has 0 bridgehead atoms. The molecule has 0 spiro atoms. The number of hydrogen-bond acceptors (Lipinski definition) is 3. The van der Waals surface area contributed by atoms with Gasteiger partial charge in [0.1, 0.15) is 18.1 Å². The van der Waals surface area contributed by atoms with Crippen LogP contribution in [0.1, 0.15) is 29.2 Å². The van der Waals surface area contributed by atoms with Crippen molar-refractivity contribution in [2.24, 2.45) is 5.73 Å². The predicted octanol–water partition coefficient (Wildman–Crippen LogP) is 3.98. The van der Waals surface area contributed by atoms with Gasteiger partial charge < -0.3 is 15.2 Å². The van der Waals surface area contributed by atoms with E-state index < -0.39 is 0 Å². The summed E-state index contributed by atoms with van der Waals surface area (Å²) in [5, 5.41) is 0. The Morgan fingerprint density at radius 1 is 1.24 bits per heavy atom. The molecule has 0 saturated heterocycles. The highest BCUT2D eigenvalue weighted by Gasteiger charge is 2.22. The van der Waals surface area contributed by atoms with Gasteiger partial charge in [0.15, 0.2) is 0 Å². The fraction of sp³-hybridized carbons (Fsp3) is 0.294. The lowest BCUT2D eigenvalue weighted by atomic mass is 10.1. The molecular weight excluding hydrogens is 330 g/mol. The van der Waals surface area contributed by atoms with Gasteiger partial charge in [-0.25, -0.2) is 0 Å². The molecule has 2 aromatic rings. The zero-order valence-corrected chi connectivity index (χ0v) is 13.5. The summed E-state index contributed by atoms with van der Waals surface area (Å²) in [4.78, 5) is 0. The minimum absolute atomic E-state index is 0.143. The third-order valence-corrected chi connectivity index (χ3v) is 4.39. The molecule has 0 aliphatic heterocycles. The highest BCUT2D eigenvalue weighted by molar-refractivity contribution is 9.10. The molecule has 2 N–H and O–H groups in total. The summed E-state index contributed by atoms with van der Waals surface area (Å²) in [5.74, 6) is 1.77. The fourth-order valence-electron chi connectivity index (χ4n) is 2.80. The summed E-state index contributed by atoms with van der Waals surface area (Å²) in [6, 6.07) is 12.2. The first-order valence-electron chi connectivity index (χ1n) is 7.01. The molecule has 0 heterocycles. The molecule has 0 radical (unpaired) electrons. The van der Waals surface area contributed by atoms with Gasteiger partial charge in [-0.2, -0.15) is 0 Å². The highest BCUT2D eigenvalue weighted by Crippen LogP contribution is 2.36. The largest absolute Gasteiger partial charge is 0.496 e. The van der Waals surface area contributed by atoms with Crippen LogP contribution in [0, 0.1) is 0 Å². The van der Waals surface area contributed by atoms with Gasteiger partial charge in [-0.3, -0.25) is 0 Å². The number of methoxy groups -OCH3 is 1. The van der Waals surface area contributed by atoms with Crippen molar-refractivity contribution in [3.63, 3.8) is 0 Å². The molecule has 1 unspecified atom stereocenters. The van der Waals surface area contributed by atoms with Crippen molar-refractivity contribution in [3.8, 4) is 11.5 Å². The van der Waals surface area contributed by atoms with Gasteiger partial charge in [-0.05, 0) is 48.2 Å². The Bertz CT molecular complexity index is 657. The Morgan fingerprint density at radius 3 is 2.90 bits per heavy atom. The van der Waals surface area contributed by atoms with Crippen LogP contribution >= 0.6 is 15.9 Å². The Hall–Kier alpha value is -1.52. The first kappa shape index (κ1) is 14.4. The van der Waals surface area contributed by atoms with Crippen LogP contribution in [0.4, 0.5) is 0 Å². The smallest absolute Gasteiger partial charge is 0.125 e. The van der Waals surface area contributed by atoms with Gasteiger partial charge in [-0.15, -0.1) is 0 Å². The maximum atomic E-state index is 6.11. The summed E-state index contributed by atoms with van der Waals surface area (Å²) >= 11 is 3.48. The Balaban J connectivity index is 1.82. The molecular formula is C17H18BrNO2. The average molecular weight is 348 g/mol. The molecule has 0 amide bonds. The van der Waals surface area contributed by atoms with Crippen LogP contribution in [0.25, 0.3) is 0 Å². The topological polar surface area (TPSA) is 44.5 Å². The van der Waals surface area contributed by atoms with Crippen molar-refractivity contribution in [3.05, 3.63) is 57.6 Å². The van der Waals surface area contributed by atoms with Crippen molar-refractivity contribution < 1.29 is 9.47 Å². The van der Waals surface area contributed by atoms with Gasteiger partial charge in [0.05, 0.1) is 7.11 Å². The second-order valence-electron chi connectivity index (χ2n) is 5.21. The molecule has 3 rings (SSSR count). The first-order chi connectivity index (χ1) is 10.2. The summed E-state index contributed by atoms with van der Waals surface area (Å²) in [6.45, 7) is 0.480. The summed E-state index contributed by atoms with van der Waals surface area (Å²) in [6.07, 6.45) is 1.98. The van der Waals surface area contributed by atoms with Crippen LogP contribution in [-0.4, -0.2) is 7.11 Å². The van der Waals surface area contributed by atoms with Gasteiger partial charge in [-0.1, -0.05) is 28.1 Å². The Labute approximate surface area is 133 Å². The number of ether oxygens (including phenoxy) is 2. The van der Waals surface area contributed by atoms with E-state index in [4.69, 9.17) is 15.2 Å². The SMILES string of the molecule is COc1ccc(Br)cc1COc1cccc2c1CCC2N. The van der Waals surface area contributed by atoms with Gasteiger partial charge in [0.2, 0.25) is 0 Å². The second kappa shape index (κ2) is 6.08. The molecule has 4 heteroatoms. The van der Waals surface area contributed by atoms with Gasteiger partial charge in [0, 0.05) is 16.1 Å². The zero-order valence-electron chi connectivity index (χ0n) is 11.9.